The zero-order valence-electron chi connectivity index (χ0n) is 13.9. The lowest BCUT2D eigenvalue weighted by Crippen LogP contribution is -2.39. The van der Waals surface area contributed by atoms with Gasteiger partial charge >= 0.3 is 5.97 Å². The van der Waals surface area contributed by atoms with E-state index in [1.54, 1.807) is 0 Å². The molecule has 1 saturated carbocycles. The third-order valence-electron chi connectivity index (χ3n) is 4.80. The lowest BCUT2D eigenvalue weighted by atomic mass is 9.63. The molecule has 0 aromatic heterocycles. The Morgan fingerprint density at radius 3 is 2.25 bits per heavy atom. The topological polar surface area (TPSA) is 46.5 Å². The molecule has 3 heteroatoms. The van der Waals surface area contributed by atoms with E-state index in [0.717, 1.165) is 32.3 Å². The summed E-state index contributed by atoms with van der Waals surface area (Å²) >= 11 is 0. The van der Waals surface area contributed by atoms with E-state index >= 15 is 0 Å². The number of aliphatic carboxylic acids is 1. The first-order chi connectivity index (χ1) is 9.17. The second-order valence-corrected chi connectivity index (χ2v) is 7.94. The van der Waals surface area contributed by atoms with E-state index in [-0.39, 0.29) is 0 Å². The maximum atomic E-state index is 11.7. The fraction of sp³-hybridized carbons (Fsp3) is 0.941. The average molecular weight is 284 g/mol. The van der Waals surface area contributed by atoms with Crippen LogP contribution in [0.15, 0.2) is 0 Å². The number of carboxylic acid groups (broad SMARTS) is 1. The van der Waals surface area contributed by atoms with E-state index in [0.29, 0.717) is 30.3 Å². The summed E-state index contributed by atoms with van der Waals surface area (Å²) in [5, 5.41) is 9.63. The third-order valence-corrected chi connectivity index (χ3v) is 4.80. The van der Waals surface area contributed by atoms with Crippen LogP contribution in [0.3, 0.4) is 0 Å². The van der Waals surface area contributed by atoms with Crippen LogP contribution in [0.4, 0.5) is 0 Å². The lowest BCUT2D eigenvalue weighted by molar-refractivity contribution is -0.154. The summed E-state index contributed by atoms with van der Waals surface area (Å²) < 4.78 is 5.60. The molecule has 0 bridgehead atoms. The van der Waals surface area contributed by atoms with Crippen LogP contribution in [-0.2, 0) is 9.53 Å². The molecule has 20 heavy (non-hydrogen) atoms. The van der Waals surface area contributed by atoms with Crippen molar-refractivity contribution >= 4 is 5.97 Å². The van der Waals surface area contributed by atoms with Crippen molar-refractivity contribution in [3.63, 3.8) is 0 Å². The van der Waals surface area contributed by atoms with Crippen molar-refractivity contribution in [2.45, 2.75) is 66.7 Å². The molecule has 3 nitrogen and oxygen atoms in total. The Labute approximate surface area is 124 Å². The van der Waals surface area contributed by atoms with Gasteiger partial charge in [-0.15, -0.1) is 0 Å². The van der Waals surface area contributed by atoms with Crippen molar-refractivity contribution in [3.05, 3.63) is 0 Å². The molecular weight excluding hydrogens is 252 g/mol. The van der Waals surface area contributed by atoms with Crippen LogP contribution in [-0.4, -0.2) is 24.3 Å². The molecule has 0 atom stereocenters. The zero-order chi connectivity index (χ0) is 15.4. The highest BCUT2D eigenvalue weighted by atomic mass is 16.5. The van der Waals surface area contributed by atoms with E-state index in [1.807, 2.05) is 0 Å². The molecule has 0 aromatic carbocycles. The molecule has 0 amide bonds. The minimum atomic E-state index is -0.627. The molecule has 0 heterocycles. The van der Waals surface area contributed by atoms with Crippen LogP contribution in [0.2, 0.25) is 0 Å². The van der Waals surface area contributed by atoms with E-state index in [4.69, 9.17) is 4.74 Å². The van der Waals surface area contributed by atoms with Crippen molar-refractivity contribution in [1.29, 1.82) is 0 Å². The summed E-state index contributed by atoms with van der Waals surface area (Å²) in [6.07, 6.45) is 4.32. The summed E-state index contributed by atoms with van der Waals surface area (Å²) in [5.74, 6) is 0.525. The Hall–Kier alpha value is -0.570. The van der Waals surface area contributed by atoms with Gasteiger partial charge in [-0.3, -0.25) is 4.79 Å². The van der Waals surface area contributed by atoms with Crippen LogP contribution < -0.4 is 0 Å². The van der Waals surface area contributed by atoms with Gasteiger partial charge in [0.1, 0.15) is 0 Å². The molecule has 118 valence electrons. The Morgan fingerprint density at radius 2 is 1.85 bits per heavy atom. The standard InChI is InChI=1S/C17H32O3/c1-13(2)12-20-11-10-17(15(18)19)8-6-14(7-9-17)16(3,4)5/h13-14H,6-12H2,1-5H3,(H,18,19). The van der Waals surface area contributed by atoms with Crippen molar-refractivity contribution in [2.24, 2.45) is 22.7 Å². The molecule has 1 aliphatic rings. The minimum absolute atomic E-state index is 0.290. The Balaban J connectivity index is 2.52. The van der Waals surface area contributed by atoms with Crippen LogP contribution >= 0.6 is 0 Å². The predicted molar refractivity (Wildman–Crippen MR) is 81.8 cm³/mol. The van der Waals surface area contributed by atoms with Gasteiger partial charge in [0, 0.05) is 13.2 Å². The van der Waals surface area contributed by atoms with Gasteiger partial charge in [0.2, 0.25) is 0 Å². The molecule has 0 aliphatic heterocycles. The number of ether oxygens (including phenoxy) is 1. The maximum absolute atomic E-state index is 11.7. The molecule has 0 saturated heterocycles. The van der Waals surface area contributed by atoms with Gasteiger partial charge in [-0.1, -0.05) is 34.6 Å². The van der Waals surface area contributed by atoms with E-state index < -0.39 is 11.4 Å². The summed E-state index contributed by atoms with van der Waals surface area (Å²) in [5.41, 5.74) is -0.252. The first kappa shape index (κ1) is 17.5. The fourth-order valence-electron chi connectivity index (χ4n) is 3.19. The highest BCUT2D eigenvalue weighted by molar-refractivity contribution is 5.74. The Bertz CT molecular complexity index is 307. The monoisotopic (exact) mass is 284 g/mol. The van der Waals surface area contributed by atoms with E-state index in [2.05, 4.69) is 34.6 Å². The summed E-state index contributed by atoms with van der Waals surface area (Å²) in [4.78, 5) is 11.7. The number of rotatable bonds is 6. The van der Waals surface area contributed by atoms with Crippen LogP contribution in [0.5, 0.6) is 0 Å². The quantitative estimate of drug-likeness (QED) is 0.737. The molecule has 1 fully saturated rings. The SMILES string of the molecule is CC(C)COCCC1(C(=O)O)CCC(C(C)(C)C)CC1. The van der Waals surface area contributed by atoms with Gasteiger partial charge in [-0.2, -0.15) is 0 Å². The summed E-state index contributed by atoms with van der Waals surface area (Å²) in [6, 6.07) is 0. The number of hydrogen-bond acceptors (Lipinski definition) is 2. The zero-order valence-corrected chi connectivity index (χ0v) is 13.9. The molecule has 0 aromatic rings. The van der Waals surface area contributed by atoms with Crippen molar-refractivity contribution in [3.8, 4) is 0 Å². The minimum Gasteiger partial charge on any atom is -0.481 e. The first-order valence-electron chi connectivity index (χ1n) is 7.98. The van der Waals surface area contributed by atoms with Crippen molar-refractivity contribution in [1.82, 2.24) is 0 Å². The second kappa shape index (κ2) is 6.93. The number of carboxylic acids is 1. The molecular formula is C17H32O3. The highest BCUT2D eigenvalue weighted by Crippen LogP contribution is 2.47. The van der Waals surface area contributed by atoms with Gasteiger partial charge < -0.3 is 9.84 Å². The largest absolute Gasteiger partial charge is 0.481 e. The smallest absolute Gasteiger partial charge is 0.309 e. The molecule has 0 unspecified atom stereocenters. The maximum Gasteiger partial charge on any atom is 0.309 e. The van der Waals surface area contributed by atoms with Gasteiger partial charge in [-0.05, 0) is 49.4 Å². The van der Waals surface area contributed by atoms with E-state index in [9.17, 15) is 9.90 Å². The molecule has 1 rings (SSSR count). The predicted octanol–water partition coefficient (Wildman–Crippen LogP) is 4.36. The first-order valence-corrected chi connectivity index (χ1v) is 7.98. The van der Waals surface area contributed by atoms with Gasteiger partial charge in [0.25, 0.3) is 0 Å². The van der Waals surface area contributed by atoms with E-state index in [1.165, 1.54) is 0 Å². The molecule has 1 N–H and O–H groups in total. The second-order valence-electron chi connectivity index (χ2n) is 7.94. The van der Waals surface area contributed by atoms with Crippen LogP contribution in [0, 0.1) is 22.7 Å². The van der Waals surface area contributed by atoms with Gasteiger partial charge in [0.05, 0.1) is 5.41 Å². The highest BCUT2D eigenvalue weighted by Gasteiger charge is 2.43. The molecule has 1 aliphatic carbocycles. The summed E-state index contributed by atoms with van der Waals surface area (Å²) in [7, 11) is 0. The van der Waals surface area contributed by atoms with Crippen molar-refractivity contribution < 1.29 is 14.6 Å². The Kier molecular flexibility index (Phi) is 6.06. The molecule has 0 radical (unpaired) electrons. The third kappa shape index (κ3) is 4.76. The fourth-order valence-corrected chi connectivity index (χ4v) is 3.19. The van der Waals surface area contributed by atoms with Crippen LogP contribution in [0.1, 0.15) is 66.7 Å². The normalized spacial score (nSPS) is 27.8. The van der Waals surface area contributed by atoms with Crippen molar-refractivity contribution in [2.75, 3.05) is 13.2 Å². The van der Waals surface area contributed by atoms with Gasteiger partial charge in [-0.25, -0.2) is 0 Å². The Morgan fingerprint density at radius 1 is 1.30 bits per heavy atom. The molecule has 0 spiro atoms. The van der Waals surface area contributed by atoms with Crippen LogP contribution in [0.25, 0.3) is 0 Å². The number of carbonyl (C=O) groups is 1. The lowest BCUT2D eigenvalue weighted by Gasteiger charge is -2.41. The summed E-state index contributed by atoms with van der Waals surface area (Å²) in [6.45, 7) is 12.3. The average Bonchev–Trinajstić information content (AvgIpc) is 2.33. The van der Waals surface area contributed by atoms with Gasteiger partial charge in [0.15, 0.2) is 0 Å². The number of hydrogen-bond donors (Lipinski definition) is 1.